The summed E-state index contributed by atoms with van der Waals surface area (Å²) in [6, 6.07) is 0. The number of hydrogen-bond acceptors (Lipinski definition) is 8. The number of ether oxygens (including phenoxy) is 2. The van der Waals surface area contributed by atoms with Gasteiger partial charge in [0, 0.05) is 12.8 Å². The molecule has 0 N–H and O–H groups in total. The molecule has 0 fully saturated rings. The molecule has 9 nitrogen and oxygen atoms in total. The van der Waals surface area contributed by atoms with Crippen LogP contribution in [0.15, 0.2) is 24.3 Å². The molecular formula is C88H172NO8P. The van der Waals surface area contributed by atoms with Gasteiger partial charge in [-0.2, -0.15) is 0 Å². The Labute approximate surface area is 612 Å². The van der Waals surface area contributed by atoms with Crippen LogP contribution in [0, 0.1) is 0 Å². The van der Waals surface area contributed by atoms with Gasteiger partial charge in [-0.05, 0) is 44.9 Å². The van der Waals surface area contributed by atoms with E-state index in [0.29, 0.717) is 17.4 Å². The minimum atomic E-state index is -4.64. The molecule has 0 radical (unpaired) electrons. The fraction of sp³-hybridized carbons (Fsp3) is 0.932. The van der Waals surface area contributed by atoms with Crippen molar-refractivity contribution in [2.24, 2.45) is 0 Å². The van der Waals surface area contributed by atoms with E-state index in [1.54, 1.807) is 0 Å². The second-order valence-electron chi connectivity index (χ2n) is 31.6. The van der Waals surface area contributed by atoms with Gasteiger partial charge in [0.15, 0.2) is 6.10 Å². The first kappa shape index (κ1) is 96.5. The number of carbonyl (C=O) groups excluding carboxylic acids is 2. The molecule has 0 bridgehead atoms. The highest BCUT2D eigenvalue weighted by molar-refractivity contribution is 7.45. The van der Waals surface area contributed by atoms with Crippen molar-refractivity contribution in [1.82, 2.24) is 0 Å². The Hall–Kier alpha value is -1.51. The molecule has 10 heteroatoms. The van der Waals surface area contributed by atoms with Gasteiger partial charge in [0.25, 0.3) is 7.82 Å². The molecule has 0 aliphatic carbocycles. The van der Waals surface area contributed by atoms with E-state index in [-0.39, 0.29) is 32.0 Å². The fourth-order valence-electron chi connectivity index (χ4n) is 13.8. The van der Waals surface area contributed by atoms with Gasteiger partial charge in [-0.1, -0.05) is 443 Å². The minimum absolute atomic E-state index is 0.0261. The Morgan fingerprint density at radius 2 is 0.551 bits per heavy atom. The monoisotopic (exact) mass is 1400 g/mol. The SMILES string of the molecule is CCCCCCC/C=C\C/C=C\CCCCCCCCCCCCCCCCCCCCCCCCCC(=O)OC(COC(=O)CCCCCCCCCCCCCCCCCCCCCCCCCCCCCCCCCCCCCCCCC)COP(=O)([O-])OCC[N+](C)(C)C. The van der Waals surface area contributed by atoms with Crippen molar-refractivity contribution in [1.29, 1.82) is 0 Å². The quantitative estimate of drug-likeness (QED) is 0.0195. The largest absolute Gasteiger partial charge is 0.756 e. The molecule has 0 saturated carbocycles. The highest BCUT2D eigenvalue weighted by Gasteiger charge is 2.22. The van der Waals surface area contributed by atoms with Gasteiger partial charge in [0.2, 0.25) is 0 Å². The Balaban J connectivity index is 3.84. The van der Waals surface area contributed by atoms with Crippen LogP contribution in [0.25, 0.3) is 0 Å². The molecule has 0 heterocycles. The second kappa shape index (κ2) is 79.6. The van der Waals surface area contributed by atoms with Gasteiger partial charge in [0.1, 0.15) is 19.8 Å². The second-order valence-corrected chi connectivity index (χ2v) is 33.0. The molecule has 582 valence electrons. The third-order valence-electron chi connectivity index (χ3n) is 20.5. The van der Waals surface area contributed by atoms with Crippen LogP contribution in [0.5, 0.6) is 0 Å². The number of esters is 2. The van der Waals surface area contributed by atoms with Gasteiger partial charge in [-0.25, -0.2) is 0 Å². The van der Waals surface area contributed by atoms with Crippen molar-refractivity contribution in [3.05, 3.63) is 24.3 Å². The molecule has 0 aliphatic rings. The normalized spacial score (nSPS) is 13.0. The summed E-state index contributed by atoms with van der Waals surface area (Å²) in [5.41, 5.74) is 0. The van der Waals surface area contributed by atoms with E-state index in [4.69, 9.17) is 18.5 Å². The Bertz CT molecular complexity index is 1700. The first-order chi connectivity index (χ1) is 48.0. The number of allylic oxidation sites excluding steroid dienone is 4. The zero-order valence-electron chi connectivity index (χ0n) is 66.8. The first-order valence-electron chi connectivity index (χ1n) is 44.0. The van der Waals surface area contributed by atoms with Crippen LogP contribution in [0.3, 0.4) is 0 Å². The maximum absolute atomic E-state index is 12.9. The molecule has 0 saturated heterocycles. The van der Waals surface area contributed by atoms with Crippen molar-refractivity contribution in [2.45, 2.75) is 482 Å². The average Bonchev–Trinajstić information content (AvgIpc) is 1.08. The average molecular weight is 1400 g/mol. The number of hydrogen-bond donors (Lipinski definition) is 0. The number of nitrogens with zero attached hydrogens (tertiary/aromatic N) is 1. The summed E-state index contributed by atoms with van der Waals surface area (Å²) in [5.74, 6) is -0.802. The third-order valence-corrected chi connectivity index (χ3v) is 21.4. The van der Waals surface area contributed by atoms with E-state index < -0.39 is 26.5 Å². The number of likely N-dealkylation sites (N-methyl/N-ethyl adjacent to an activating group) is 1. The van der Waals surface area contributed by atoms with Crippen LogP contribution in [-0.4, -0.2) is 70.0 Å². The summed E-state index contributed by atoms with van der Waals surface area (Å²) >= 11 is 0. The molecule has 0 rings (SSSR count). The van der Waals surface area contributed by atoms with Crippen LogP contribution in [-0.2, 0) is 32.7 Å². The van der Waals surface area contributed by atoms with Crippen molar-refractivity contribution >= 4 is 19.8 Å². The topological polar surface area (TPSA) is 111 Å². The highest BCUT2D eigenvalue weighted by Crippen LogP contribution is 2.38. The Morgan fingerprint density at radius 3 is 0.806 bits per heavy atom. The zero-order chi connectivity index (χ0) is 71.1. The first-order valence-corrected chi connectivity index (χ1v) is 45.5. The van der Waals surface area contributed by atoms with Gasteiger partial charge in [0.05, 0.1) is 27.7 Å². The number of quaternary nitrogens is 1. The standard InChI is InChI=1S/C88H172NO8P/c1-6-8-10-12-14-16-18-20-22-24-26-28-30-32-34-36-38-40-42-43-44-45-47-48-50-52-54-56-58-60-62-64-66-68-70-72-74-76-78-80-87(90)94-84-86(85-96-98(92,93)95-83-82-89(3,4)5)97-88(91)81-79-77-75-73-71-69-67-65-63-61-59-57-55-53-51-49-46-41-39-37-35-33-31-29-27-25-23-21-19-17-15-13-11-9-7-2/h19,21,25,27,86H,6-18,20,22-24,26,28-85H2,1-5H3/b21-19-,27-25-. The van der Waals surface area contributed by atoms with Crippen molar-refractivity contribution < 1.29 is 42.1 Å². The maximum Gasteiger partial charge on any atom is 0.306 e. The van der Waals surface area contributed by atoms with Crippen molar-refractivity contribution in [3.8, 4) is 0 Å². The fourth-order valence-corrected chi connectivity index (χ4v) is 14.5. The lowest BCUT2D eigenvalue weighted by Crippen LogP contribution is -2.37. The molecule has 0 spiro atoms. The molecule has 0 aromatic rings. The van der Waals surface area contributed by atoms with Crippen LogP contribution in [0.2, 0.25) is 0 Å². The van der Waals surface area contributed by atoms with E-state index in [0.717, 1.165) is 38.5 Å². The number of phosphoric ester groups is 1. The number of unbranched alkanes of at least 4 members (excludes halogenated alkanes) is 66. The van der Waals surface area contributed by atoms with Crippen LogP contribution < -0.4 is 4.89 Å². The van der Waals surface area contributed by atoms with Gasteiger partial charge < -0.3 is 27.9 Å². The lowest BCUT2D eigenvalue weighted by molar-refractivity contribution is -0.870. The zero-order valence-corrected chi connectivity index (χ0v) is 67.7. The van der Waals surface area contributed by atoms with Gasteiger partial charge in [-0.3, -0.25) is 14.2 Å². The summed E-state index contributed by atoms with van der Waals surface area (Å²) in [6.45, 7) is 4.33. The molecular weight excluding hydrogens is 1230 g/mol. The van der Waals surface area contributed by atoms with Crippen LogP contribution >= 0.6 is 7.82 Å². The number of rotatable bonds is 84. The summed E-state index contributed by atoms with van der Waals surface area (Å²) in [7, 11) is 1.20. The number of carbonyl (C=O) groups is 2. The predicted molar refractivity (Wildman–Crippen MR) is 425 cm³/mol. The molecule has 2 atom stereocenters. The smallest absolute Gasteiger partial charge is 0.306 e. The van der Waals surface area contributed by atoms with Crippen molar-refractivity contribution in [2.75, 3.05) is 47.5 Å². The summed E-state index contributed by atoms with van der Waals surface area (Å²) < 4.78 is 34.5. The lowest BCUT2D eigenvalue weighted by atomic mass is 10.0. The molecule has 98 heavy (non-hydrogen) atoms. The van der Waals surface area contributed by atoms with Gasteiger partial charge >= 0.3 is 11.9 Å². The van der Waals surface area contributed by atoms with E-state index >= 15 is 0 Å². The van der Waals surface area contributed by atoms with Crippen LogP contribution in [0.4, 0.5) is 0 Å². The maximum atomic E-state index is 12.9. The minimum Gasteiger partial charge on any atom is -0.756 e. The molecule has 0 aromatic heterocycles. The third kappa shape index (κ3) is 83.4. The lowest BCUT2D eigenvalue weighted by Gasteiger charge is -2.28. The van der Waals surface area contributed by atoms with Crippen LogP contribution in [0.1, 0.15) is 476 Å². The summed E-state index contributed by atoms with van der Waals surface area (Å²) in [5, 5.41) is 0. The molecule has 2 unspecified atom stereocenters. The highest BCUT2D eigenvalue weighted by atomic mass is 31.2. The molecule has 0 aromatic carbocycles. The summed E-state index contributed by atoms with van der Waals surface area (Å²) in [4.78, 5) is 38.2. The molecule has 0 aliphatic heterocycles. The van der Waals surface area contributed by atoms with E-state index in [2.05, 4.69) is 38.2 Å². The number of phosphoric acid groups is 1. The Kier molecular flexibility index (Phi) is 78.4. The van der Waals surface area contributed by atoms with E-state index in [1.807, 2.05) is 21.1 Å². The Morgan fingerprint density at radius 1 is 0.316 bits per heavy atom. The van der Waals surface area contributed by atoms with Crippen molar-refractivity contribution in [3.63, 3.8) is 0 Å². The molecule has 0 amide bonds. The summed E-state index contributed by atoms with van der Waals surface area (Å²) in [6.07, 6.45) is 104. The predicted octanol–water partition coefficient (Wildman–Crippen LogP) is 28.9. The van der Waals surface area contributed by atoms with Gasteiger partial charge in [-0.15, -0.1) is 0 Å². The van der Waals surface area contributed by atoms with E-state index in [1.165, 1.54) is 405 Å². The van der Waals surface area contributed by atoms with E-state index in [9.17, 15) is 19.0 Å².